The van der Waals surface area contributed by atoms with Crippen LogP contribution in [0.25, 0.3) is 0 Å². The molecule has 52 valence electrons. The molecule has 1 rings (SSSR count). The summed E-state index contributed by atoms with van der Waals surface area (Å²) >= 11 is 0. The van der Waals surface area contributed by atoms with Gasteiger partial charge in [-0.05, 0) is 19.1 Å². The molecule has 0 aliphatic heterocycles. The molecular weight excluding hydrogens is 131 g/mol. The maximum absolute atomic E-state index is 11.9. The summed E-state index contributed by atoms with van der Waals surface area (Å²) in [6.07, 6.45) is 0. The fourth-order valence-corrected chi connectivity index (χ4v) is 0.685. The molecule has 10 heavy (non-hydrogen) atoms. The molecule has 0 saturated heterocycles. The Kier molecular flexibility index (Phi) is 1.81. The number of halogens is 1. The highest BCUT2D eigenvalue weighted by atomic mass is 19.1. The van der Waals surface area contributed by atoms with E-state index in [2.05, 4.69) is 0 Å². The Balaban J connectivity index is 3.00. The van der Waals surface area contributed by atoms with Gasteiger partial charge in [0.05, 0.1) is 5.56 Å². The lowest BCUT2D eigenvalue weighted by atomic mass is 10.2. The first-order valence-corrected chi connectivity index (χ1v) is 2.96. The van der Waals surface area contributed by atoms with Crippen LogP contribution in [0.2, 0.25) is 0 Å². The summed E-state index contributed by atoms with van der Waals surface area (Å²) in [5, 5.41) is 0. The predicted octanol–water partition coefficient (Wildman–Crippen LogP) is 2.10. The van der Waals surface area contributed by atoms with Crippen molar-refractivity contribution < 1.29 is 9.18 Å². The van der Waals surface area contributed by atoms with Gasteiger partial charge in [0.15, 0.2) is 0 Å². The Morgan fingerprint density at radius 3 is 2.20 bits per heavy atom. The second kappa shape index (κ2) is 2.60. The van der Waals surface area contributed by atoms with Gasteiger partial charge in [0.1, 0.15) is 0 Å². The van der Waals surface area contributed by atoms with Crippen LogP contribution in [0.5, 0.6) is 0 Å². The summed E-state index contributed by atoms with van der Waals surface area (Å²) in [6, 6.07) is 4.97. The highest BCUT2D eigenvalue weighted by molar-refractivity contribution is 5.88. The lowest BCUT2D eigenvalue weighted by molar-refractivity contribution is 0.0836. The van der Waals surface area contributed by atoms with Gasteiger partial charge in [-0.15, -0.1) is 0 Å². The minimum absolute atomic E-state index is 0.116. The van der Waals surface area contributed by atoms with Crippen LogP contribution < -0.4 is 0 Å². The second-order valence-corrected chi connectivity index (χ2v) is 2.14. The minimum Gasteiger partial charge on any atom is -0.255 e. The van der Waals surface area contributed by atoms with Crippen molar-refractivity contribution in [1.82, 2.24) is 0 Å². The van der Waals surface area contributed by atoms with Crippen molar-refractivity contribution in [2.75, 3.05) is 0 Å². The molecule has 0 N–H and O–H groups in total. The van der Waals surface area contributed by atoms with Gasteiger partial charge < -0.3 is 0 Å². The van der Waals surface area contributed by atoms with Crippen LogP contribution in [0.1, 0.15) is 15.9 Å². The SMILES string of the molecule is Cc1ccc(C(=O)F)cc1. The predicted molar refractivity (Wildman–Crippen MR) is 36.6 cm³/mol. The van der Waals surface area contributed by atoms with E-state index in [-0.39, 0.29) is 5.56 Å². The van der Waals surface area contributed by atoms with Crippen LogP contribution >= 0.6 is 0 Å². The molecule has 0 saturated carbocycles. The number of carbonyl (C=O) groups is 1. The number of aryl methyl sites for hydroxylation is 1. The Bertz CT molecular complexity index is 238. The van der Waals surface area contributed by atoms with E-state index in [1.807, 2.05) is 6.92 Å². The highest BCUT2D eigenvalue weighted by Crippen LogP contribution is 2.03. The summed E-state index contributed by atoms with van der Waals surface area (Å²) in [4.78, 5) is 10.1. The molecule has 0 amide bonds. The Labute approximate surface area is 58.5 Å². The van der Waals surface area contributed by atoms with Crippen LogP contribution in [0.4, 0.5) is 4.39 Å². The molecule has 0 unspecified atom stereocenters. The average Bonchev–Trinajstić information content (AvgIpc) is 1.88. The molecule has 0 aromatic heterocycles. The number of rotatable bonds is 1. The van der Waals surface area contributed by atoms with Crippen LogP contribution in [0.3, 0.4) is 0 Å². The molecule has 1 nitrogen and oxygen atoms in total. The van der Waals surface area contributed by atoms with Crippen molar-refractivity contribution in [1.29, 1.82) is 0 Å². The zero-order valence-corrected chi connectivity index (χ0v) is 5.60. The van der Waals surface area contributed by atoms with Crippen molar-refractivity contribution in [2.45, 2.75) is 6.92 Å². The topological polar surface area (TPSA) is 17.1 Å². The molecule has 0 spiro atoms. The summed E-state index contributed by atoms with van der Waals surface area (Å²) in [5.41, 5.74) is 1.13. The Hall–Kier alpha value is -1.18. The zero-order chi connectivity index (χ0) is 7.56. The molecular formula is C8H7FO. The lowest BCUT2D eigenvalue weighted by Crippen LogP contribution is -1.88. The first-order valence-electron chi connectivity index (χ1n) is 2.96. The van der Waals surface area contributed by atoms with Crippen molar-refractivity contribution in [2.24, 2.45) is 0 Å². The maximum atomic E-state index is 11.9. The van der Waals surface area contributed by atoms with Crippen LogP contribution in [0.15, 0.2) is 24.3 Å². The number of benzene rings is 1. The summed E-state index contributed by atoms with van der Waals surface area (Å²) < 4.78 is 11.9. The molecule has 0 bridgehead atoms. The number of hydrogen-bond acceptors (Lipinski definition) is 1. The summed E-state index contributed by atoms with van der Waals surface area (Å²) in [7, 11) is 0. The molecule has 2 heteroatoms. The van der Waals surface area contributed by atoms with Gasteiger partial charge in [-0.1, -0.05) is 17.7 Å². The molecule has 0 radical (unpaired) electrons. The lowest BCUT2D eigenvalue weighted by Gasteiger charge is -1.91. The van der Waals surface area contributed by atoms with E-state index in [0.29, 0.717) is 0 Å². The van der Waals surface area contributed by atoms with Crippen molar-refractivity contribution in [3.63, 3.8) is 0 Å². The third-order valence-corrected chi connectivity index (χ3v) is 1.28. The molecule has 0 aliphatic carbocycles. The van der Waals surface area contributed by atoms with E-state index in [1.165, 1.54) is 12.1 Å². The van der Waals surface area contributed by atoms with Gasteiger partial charge in [-0.2, -0.15) is 4.39 Å². The molecule has 0 atom stereocenters. The first kappa shape index (κ1) is 6.93. The van der Waals surface area contributed by atoms with E-state index >= 15 is 0 Å². The average molecular weight is 138 g/mol. The van der Waals surface area contributed by atoms with Gasteiger partial charge in [-0.3, -0.25) is 4.79 Å². The normalized spacial score (nSPS) is 9.40. The quantitative estimate of drug-likeness (QED) is 0.543. The van der Waals surface area contributed by atoms with Crippen molar-refractivity contribution in [3.05, 3.63) is 35.4 Å². The summed E-state index contributed by atoms with van der Waals surface area (Å²) in [6.45, 7) is 1.88. The van der Waals surface area contributed by atoms with Gasteiger partial charge in [0.2, 0.25) is 0 Å². The molecule has 1 aromatic rings. The smallest absolute Gasteiger partial charge is 0.255 e. The maximum Gasteiger partial charge on any atom is 0.332 e. The third kappa shape index (κ3) is 1.41. The van der Waals surface area contributed by atoms with Crippen molar-refractivity contribution in [3.8, 4) is 0 Å². The molecule has 0 aliphatic rings. The van der Waals surface area contributed by atoms with E-state index in [1.54, 1.807) is 12.1 Å². The van der Waals surface area contributed by atoms with E-state index in [9.17, 15) is 9.18 Å². The highest BCUT2D eigenvalue weighted by Gasteiger charge is 1.99. The first-order chi connectivity index (χ1) is 4.70. The number of hydrogen-bond donors (Lipinski definition) is 0. The van der Waals surface area contributed by atoms with Crippen LogP contribution in [-0.4, -0.2) is 6.04 Å². The Morgan fingerprint density at radius 2 is 1.80 bits per heavy atom. The fraction of sp³-hybridized carbons (Fsp3) is 0.125. The fourth-order valence-electron chi connectivity index (χ4n) is 0.685. The number of carbonyl (C=O) groups excluding carboxylic acids is 1. The standard InChI is InChI=1S/C8H7FO/c1-6-2-4-7(5-3-6)8(9)10/h2-5H,1H3. The molecule has 0 fully saturated rings. The molecule has 1 aromatic carbocycles. The van der Waals surface area contributed by atoms with Crippen LogP contribution in [-0.2, 0) is 0 Å². The summed E-state index contributed by atoms with van der Waals surface area (Å²) in [5.74, 6) is 0. The van der Waals surface area contributed by atoms with E-state index < -0.39 is 6.04 Å². The van der Waals surface area contributed by atoms with Gasteiger partial charge >= 0.3 is 6.04 Å². The van der Waals surface area contributed by atoms with E-state index in [4.69, 9.17) is 0 Å². The Morgan fingerprint density at radius 1 is 1.30 bits per heavy atom. The zero-order valence-electron chi connectivity index (χ0n) is 5.60. The van der Waals surface area contributed by atoms with E-state index in [0.717, 1.165) is 5.56 Å². The van der Waals surface area contributed by atoms with Crippen LogP contribution in [0, 0.1) is 6.92 Å². The monoisotopic (exact) mass is 138 g/mol. The van der Waals surface area contributed by atoms with Gasteiger partial charge in [0.25, 0.3) is 0 Å². The van der Waals surface area contributed by atoms with Gasteiger partial charge in [-0.25, -0.2) is 0 Å². The van der Waals surface area contributed by atoms with Gasteiger partial charge in [0, 0.05) is 0 Å². The minimum atomic E-state index is -1.37. The van der Waals surface area contributed by atoms with Crippen molar-refractivity contribution >= 4 is 6.04 Å². The third-order valence-electron chi connectivity index (χ3n) is 1.28. The largest absolute Gasteiger partial charge is 0.332 e. The second-order valence-electron chi connectivity index (χ2n) is 2.14. The molecule has 0 heterocycles.